The molecule has 1 heterocycles. The molecule has 1 saturated heterocycles. The largest absolute Gasteiger partial charge is 0.339 e. The quantitative estimate of drug-likeness (QED) is 0.861. The van der Waals surface area contributed by atoms with Gasteiger partial charge in [0.05, 0.1) is 5.33 Å². The van der Waals surface area contributed by atoms with Gasteiger partial charge in [0.15, 0.2) is 0 Å². The molecule has 0 aliphatic carbocycles. The molecule has 2 amide bonds. The van der Waals surface area contributed by atoms with Crippen LogP contribution in [-0.2, 0) is 4.79 Å². The van der Waals surface area contributed by atoms with Crippen molar-refractivity contribution in [1.29, 1.82) is 0 Å². The van der Waals surface area contributed by atoms with Gasteiger partial charge in [0.25, 0.3) is 5.91 Å². The molecule has 0 bridgehead atoms. The Morgan fingerprint density at radius 1 is 1.15 bits per heavy atom. The molecule has 20 heavy (non-hydrogen) atoms. The van der Waals surface area contributed by atoms with E-state index in [4.69, 9.17) is 0 Å². The lowest BCUT2D eigenvalue weighted by Gasteiger charge is -2.20. The van der Waals surface area contributed by atoms with Crippen LogP contribution >= 0.6 is 15.9 Å². The second-order valence-electron chi connectivity index (χ2n) is 4.97. The van der Waals surface area contributed by atoms with Crippen LogP contribution in [-0.4, -0.2) is 35.1 Å². The van der Waals surface area contributed by atoms with Crippen molar-refractivity contribution in [3.05, 3.63) is 29.8 Å². The molecule has 0 aromatic heterocycles. The van der Waals surface area contributed by atoms with Crippen LogP contribution in [0.25, 0.3) is 0 Å². The van der Waals surface area contributed by atoms with Crippen LogP contribution in [0.1, 0.15) is 36.0 Å². The molecule has 108 valence electrons. The fourth-order valence-electron chi connectivity index (χ4n) is 2.38. The van der Waals surface area contributed by atoms with E-state index in [0.29, 0.717) is 11.3 Å². The van der Waals surface area contributed by atoms with Gasteiger partial charge in [0, 0.05) is 24.3 Å². The summed E-state index contributed by atoms with van der Waals surface area (Å²) >= 11 is 3.10. The highest BCUT2D eigenvalue weighted by molar-refractivity contribution is 9.09. The van der Waals surface area contributed by atoms with Gasteiger partial charge in [-0.15, -0.1) is 0 Å². The molecule has 1 fully saturated rings. The van der Waals surface area contributed by atoms with Crippen molar-refractivity contribution in [2.75, 3.05) is 23.7 Å². The van der Waals surface area contributed by atoms with E-state index in [1.807, 2.05) is 4.90 Å². The fraction of sp³-hybridized carbons (Fsp3) is 0.467. The average Bonchev–Trinajstić information content (AvgIpc) is 2.75. The van der Waals surface area contributed by atoms with E-state index in [1.165, 1.54) is 12.8 Å². The van der Waals surface area contributed by atoms with Gasteiger partial charge in [0.1, 0.15) is 0 Å². The van der Waals surface area contributed by atoms with E-state index < -0.39 is 0 Å². The van der Waals surface area contributed by atoms with Crippen molar-refractivity contribution in [2.24, 2.45) is 0 Å². The molecule has 0 unspecified atom stereocenters. The summed E-state index contributed by atoms with van der Waals surface area (Å²) in [5, 5.41) is 2.99. The summed E-state index contributed by atoms with van der Waals surface area (Å²) in [7, 11) is 0. The van der Waals surface area contributed by atoms with Gasteiger partial charge in [0.2, 0.25) is 5.91 Å². The van der Waals surface area contributed by atoms with Crippen LogP contribution < -0.4 is 5.32 Å². The van der Waals surface area contributed by atoms with E-state index in [1.54, 1.807) is 24.3 Å². The second-order valence-corrected chi connectivity index (χ2v) is 5.53. The normalized spacial score (nSPS) is 15.6. The molecular formula is C15H19BrN2O2. The van der Waals surface area contributed by atoms with Gasteiger partial charge < -0.3 is 10.2 Å². The molecule has 1 aliphatic heterocycles. The van der Waals surface area contributed by atoms with Crippen molar-refractivity contribution in [2.45, 2.75) is 25.7 Å². The zero-order chi connectivity index (χ0) is 14.4. The zero-order valence-electron chi connectivity index (χ0n) is 11.4. The lowest BCUT2D eigenvalue weighted by Crippen LogP contribution is -2.31. The Morgan fingerprint density at radius 2 is 1.85 bits per heavy atom. The van der Waals surface area contributed by atoms with Crippen molar-refractivity contribution >= 4 is 33.4 Å². The Kier molecular flexibility index (Phi) is 5.59. The summed E-state index contributed by atoms with van der Waals surface area (Å²) in [6, 6.07) is 7.14. The summed E-state index contributed by atoms with van der Waals surface area (Å²) in [6.45, 7) is 1.66. The Morgan fingerprint density at radius 3 is 2.50 bits per heavy atom. The molecule has 0 radical (unpaired) electrons. The average molecular weight is 339 g/mol. The topological polar surface area (TPSA) is 49.4 Å². The third-order valence-electron chi connectivity index (χ3n) is 3.41. The SMILES string of the molecule is O=C(CBr)Nc1cccc(C(=O)N2CCCCCC2)c1. The molecule has 1 N–H and O–H groups in total. The standard InChI is InChI=1S/C15H19BrN2O2/c16-11-14(19)17-13-7-5-6-12(10-13)15(20)18-8-3-1-2-4-9-18/h5-7,10H,1-4,8-9,11H2,(H,17,19). The molecule has 0 spiro atoms. The van der Waals surface area contributed by atoms with Crippen molar-refractivity contribution < 1.29 is 9.59 Å². The summed E-state index contributed by atoms with van der Waals surface area (Å²) in [6.07, 6.45) is 4.55. The van der Waals surface area contributed by atoms with Crippen LogP contribution in [0.4, 0.5) is 5.69 Å². The number of nitrogens with zero attached hydrogens (tertiary/aromatic N) is 1. The van der Waals surface area contributed by atoms with Gasteiger partial charge in [-0.3, -0.25) is 9.59 Å². The summed E-state index contributed by atoms with van der Waals surface area (Å²) in [5.41, 5.74) is 1.30. The van der Waals surface area contributed by atoms with E-state index in [2.05, 4.69) is 21.2 Å². The van der Waals surface area contributed by atoms with E-state index in [-0.39, 0.29) is 17.1 Å². The number of hydrogen-bond donors (Lipinski definition) is 1. The third-order valence-corrected chi connectivity index (χ3v) is 3.92. The van der Waals surface area contributed by atoms with Crippen molar-refractivity contribution in [3.8, 4) is 0 Å². The first-order valence-electron chi connectivity index (χ1n) is 6.96. The first-order chi connectivity index (χ1) is 9.70. The Hall–Kier alpha value is -1.36. The predicted octanol–water partition coefficient (Wildman–Crippen LogP) is 3.04. The number of anilines is 1. The molecular weight excluding hydrogens is 320 g/mol. The molecule has 0 atom stereocenters. The fourth-order valence-corrected chi connectivity index (χ4v) is 2.52. The van der Waals surface area contributed by atoms with E-state index in [0.717, 1.165) is 25.9 Å². The van der Waals surface area contributed by atoms with Gasteiger partial charge in [-0.1, -0.05) is 34.8 Å². The van der Waals surface area contributed by atoms with Crippen LogP contribution in [0.3, 0.4) is 0 Å². The van der Waals surface area contributed by atoms with Gasteiger partial charge in [-0.2, -0.15) is 0 Å². The number of alkyl halides is 1. The highest BCUT2D eigenvalue weighted by Gasteiger charge is 2.17. The first-order valence-corrected chi connectivity index (χ1v) is 8.08. The number of carbonyl (C=O) groups is 2. The molecule has 2 rings (SSSR count). The highest BCUT2D eigenvalue weighted by Crippen LogP contribution is 2.16. The van der Waals surface area contributed by atoms with Crippen molar-refractivity contribution in [1.82, 2.24) is 4.90 Å². The molecule has 5 heteroatoms. The number of nitrogens with one attached hydrogen (secondary N) is 1. The second kappa shape index (κ2) is 7.43. The summed E-state index contributed by atoms with van der Waals surface area (Å²) in [5.74, 6) is -0.0637. The zero-order valence-corrected chi connectivity index (χ0v) is 13.0. The number of amides is 2. The molecule has 1 aliphatic rings. The Labute approximate surface area is 127 Å². The number of likely N-dealkylation sites (tertiary alicyclic amines) is 1. The number of hydrogen-bond acceptors (Lipinski definition) is 2. The smallest absolute Gasteiger partial charge is 0.253 e. The van der Waals surface area contributed by atoms with Gasteiger partial charge >= 0.3 is 0 Å². The van der Waals surface area contributed by atoms with Crippen LogP contribution in [0.2, 0.25) is 0 Å². The lowest BCUT2D eigenvalue weighted by atomic mass is 10.1. The predicted molar refractivity (Wildman–Crippen MR) is 83.2 cm³/mol. The Bertz CT molecular complexity index is 483. The molecule has 1 aromatic rings. The van der Waals surface area contributed by atoms with Crippen LogP contribution in [0, 0.1) is 0 Å². The third kappa shape index (κ3) is 4.07. The molecule has 0 saturated carbocycles. The van der Waals surface area contributed by atoms with Crippen molar-refractivity contribution in [3.63, 3.8) is 0 Å². The monoisotopic (exact) mass is 338 g/mol. The number of benzene rings is 1. The Balaban J connectivity index is 2.09. The maximum absolute atomic E-state index is 12.5. The number of carbonyl (C=O) groups excluding carboxylic acids is 2. The maximum atomic E-state index is 12.5. The highest BCUT2D eigenvalue weighted by atomic mass is 79.9. The van der Waals surface area contributed by atoms with E-state index in [9.17, 15) is 9.59 Å². The lowest BCUT2D eigenvalue weighted by molar-refractivity contribution is -0.113. The van der Waals surface area contributed by atoms with Gasteiger partial charge in [-0.05, 0) is 31.0 Å². The van der Waals surface area contributed by atoms with E-state index >= 15 is 0 Å². The van der Waals surface area contributed by atoms with Gasteiger partial charge in [-0.25, -0.2) is 0 Å². The number of rotatable bonds is 3. The van der Waals surface area contributed by atoms with Crippen LogP contribution in [0.15, 0.2) is 24.3 Å². The number of halogens is 1. The molecule has 1 aromatic carbocycles. The minimum atomic E-state index is -0.121. The maximum Gasteiger partial charge on any atom is 0.253 e. The first kappa shape index (κ1) is 15.0. The minimum Gasteiger partial charge on any atom is -0.339 e. The summed E-state index contributed by atoms with van der Waals surface area (Å²) < 4.78 is 0. The molecule has 4 nitrogen and oxygen atoms in total. The summed E-state index contributed by atoms with van der Waals surface area (Å²) in [4.78, 5) is 25.7. The van der Waals surface area contributed by atoms with Crippen LogP contribution in [0.5, 0.6) is 0 Å². The minimum absolute atomic E-state index is 0.0573.